The summed E-state index contributed by atoms with van der Waals surface area (Å²) in [5.74, 6) is 1.58. The van der Waals surface area contributed by atoms with Gasteiger partial charge in [-0.05, 0) is 31.0 Å². The lowest BCUT2D eigenvalue weighted by Crippen LogP contribution is -2.44. The first-order chi connectivity index (χ1) is 13.5. The lowest BCUT2D eigenvalue weighted by molar-refractivity contribution is -0.709. The standard InChI is InChI=1S/C20H20ClN3O3S/c1-3-23-16-9-6-13(10-15-11-22-20(21)28-15)24(16)19(26)17(18(23)25)12-4-7-14(27-2)8-5-12/h4-5,7-8,11,13H,3,6,9-10H2,1-2H3/p+1. The molecule has 1 N–H and O–H groups in total. The molecule has 2 aromatic heterocycles. The van der Waals surface area contributed by atoms with E-state index < -0.39 is 0 Å². The molecular formula is C20H21ClN3O3S+. The molecule has 0 amide bonds. The molecule has 8 heteroatoms. The molecule has 1 atom stereocenters. The summed E-state index contributed by atoms with van der Waals surface area (Å²) in [7, 11) is 1.60. The molecular weight excluding hydrogens is 398 g/mol. The topological polar surface area (TPSA) is 68.2 Å². The van der Waals surface area contributed by atoms with E-state index in [1.165, 1.54) is 11.3 Å². The van der Waals surface area contributed by atoms with E-state index in [1.807, 2.05) is 16.1 Å². The number of aromatic hydroxyl groups is 1. The quantitative estimate of drug-likeness (QED) is 0.645. The Labute approximate surface area is 171 Å². The Bertz CT molecular complexity index is 1080. The summed E-state index contributed by atoms with van der Waals surface area (Å²) in [6, 6.07) is 7.21. The summed E-state index contributed by atoms with van der Waals surface area (Å²) in [5.41, 5.74) is 0.829. The van der Waals surface area contributed by atoms with Crippen LogP contribution in [0.5, 0.6) is 11.6 Å². The minimum atomic E-state index is -0.166. The third kappa shape index (κ3) is 3.18. The van der Waals surface area contributed by atoms with Gasteiger partial charge in [0.05, 0.1) is 20.1 Å². The second-order valence-corrected chi connectivity index (χ2v) is 8.44. The molecule has 6 nitrogen and oxygen atoms in total. The summed E-state index contributed by atoms with van der Waals surface area (Å²) in [5, 5.41) is 10.9. The number of methoxy groups -OCH3 is 1. The fourth-order valence-electron chi connectivity index (χ4n) is 3.92. The Morgan fingerprint density at radius 1 is 1.39 bits per heavy atom. The Kier molecular flexibility index (Phi) is 5.12. The molecule has 0 saturated heterocycles. The number of rotatable bonds is 5. The maximum absolute atomic E-state index is 13.4. The van der Waals surface area contributed by atoms with Crippen LogP contribution in [0.4, 0.5) is 0 Å². The van der Waals surface area contributed by atoms with Crippen molar-refractivity contribution in [1.29, 1.82) is 0 Å². The third-order valence-electron chi connectivity index (χ3n) is 5.22. The number of thiazole rings is 1. The molecule has 1 aliphatic heterocycles. The average molecular weight is 419 g/mol. The summed E-state index contributed by atoms with van der Waals surface area (Å²) in [6.07, 6.45) is 4.07. The van der Waals surface area contributed by atoms with E-state index in [2.05, 4.69) is 4.98 Å². The molecule has 0 saturated carbocycles. The zero-order valence-corrected chi connectivity index (χ0v) is 17.3. The minimum absolute atomic E-state index is 0.0189. The van der Waals surface area contributed by atoms with Crippen LogP contribution in [0, 0.1) is 0 Å². The molecule has 0 fully saturated rings. The number of hydrogen-bond acceptors (Lipinski definition) is 5. The van der Waals surface area contributed by atoms with Gasteiger partial charge >= 0.3 is 5.56 Å². The number of aromatic nitrogens is 3. The fourth-order valence-corrected chi connectivity index (χ4v) is 4.97. The highest BCUT2D eigenvalue weighted by atomic mass is 35.5. The fraction of sp³-hybridized carbons (Fsp3) is 0.350. The minimum Gasteiger partial charge on any atom is -0.497 e. The van der Waals surface area contributed by atoms with E-state index in [4.69, 9.17) is 16.3 Å². The number of nitrogens with zero attached hydrogens (tertiary/aromatic N) is 3. The van der Waals surface area contributed by atoms with Crippen molar-refractivity contribution in [3.63, 3.8) is 0 Å². The number of halogens is 1. The van der Waals surface area contributed by atoms with Crippen LogP contribution in [0.25, 0.3) is 11.1 Å². The zero-order valence-electron chi connectivity index (χ0n) is 15.7. The van der Waals surface area contributed by atoms with Crippen molar-refractivity contribution >= 4 is 22.9 Å². The Hall–Kier alpha value is -2.38. The van der Waals surface area contributed by atoms with Gasteiger partial charge in [0.1, 0.15) is 11.8 Å². The van der Waals surface area contributed by atoms with Crippen LogP contribution in [0.1, 0.15) is 30.1 Å². The number of hydrogen-bond donors (Lipinski definition) is 1. The summed E-state index contributed by atoms with van der Waals surface area (Å²) in [6.45, 7) is 2.56. The van der Waals surface area contributed by atoms with E-state index in [0.717, 1.165) is 23.5 Å². The van der Waals surface area contributed by atoms with Gasteiger partial charge in [0.25, 0.3) is 11.7 Å². The highest BCUT2D eigenvalue weighted by Crippen LogP contribution is 2.32. The molecule has 3 aromatic rings. The SMILES string of the molecule is CC[n+]1c(O)c(-c2ccc(OC)cc2)c(=O)n2c1CCC2Cc1cnc(Cl)s1. The zero-order chi connectivity index (χ0) is 19.8. The van der Waals surface area contributed by atoms with Gasteiger partial charge in [0, 0.05) is 17.5 Å². The maximum Gasteiger partial charge on any atom is 0.349 e. The largest absolute Gasteiger partial charge is 0.497 e. The highest BCUT2D eigenvalue weighted by Gasteiger charge is 2.37. The molecule has 1 aliphatic rings. The van der Waals surface area contributed by atoms with Crippen molar-refractivity contribution in [2.24, 2.45) is 0 Å². The molecule has 28 heavy (non-hydrogen) atoms. The first kappa shape index (κ1) is 19.0. The smallest absolute Gasteiger partial charge is 0.349 e. The molecule has 0 aliphatic carbocycles. The third-order valence-corrected chi connectivity index (χ3v) is 6.36. The first-order valence-electron chi connectivity index (χ1n) is 9.18. The van der Waals surface area contributed by atoms with Gasteiger partial charge in [-0.3, -0.25) is 0 Å². The van der Waals surface area contributed by atoms with Crippen LogP contribution < -0.4 is 14.9 Å². The van der Waals surface area contributed by atoms with E-state index >= 15 is 0 Å². The Morgan fingerprint density at radius 3 is 2.75 bits per heavy atom. The number of ether oxygens (including phenoxy) is 1. The van der Waals surface area contributed by atoms with Crippen molar-refractivity contribution in [3.8, 4) is 22.8 Å². The van der Waals surface area contributed by atoms with Gasteiger partial charge in [0.2, 0.25) is 0 Å². The van der Waals surface area contributed by atoms with Gasteiger partial charge in [-0.1, -0.05) is 23.7 Å². The van der Waals surface area contributed by atoms with Crippen LogP contribution in [0.15, 0.2) is 35.3 Å². The predicted molar refractivity (Wildman–Crippen MR) is 108 cm³/mol. The van der Waals surface area contributed by atoms with E-state index in [9.17, 15) is 9.90 Å². The van der Waals surface area contributed by atoms with Crippen molar-refractivity contribution in [2.45, 2.75) is 38.8 Å². The summed E-state index contributed by atoms with van der Waals surface area (Å²) >= 11 is 7.41. The van der Waals surface area contributed by atoms with Gasteiger partial charge < -0.3 is 9.84 Å². The molecule has 0 bridgehead atoms. The molecule has 0 spiro atoms. The molecule has 0 radical (unpaired) electrons. The van der Waals surface area contributed by atoms with Crippen LogP contribution in [0.2, 0.25) is 4.47 Å². The molecule has 3 heterocycles. The Morgan fingerprint density at radius 2 is 2.14 bits per heavy atom. The maximum atomic E-state index is 13.4. The van der Waals surface area contributed by atoms with Gasteiger partial charge in [-0.2, -0.15) is 9.13 Å². The monoisotopic (exact) mass is 418 g/mol. The van der Waals surface area contributed by atoms with Crippen molar-refractivity contribution in [1.82, 2.24) is 9.55 Å². The van der Waals surface area contributed by atoms with Gasteiger partial charge in [-0.15, -0.1) is 11.3 Å². The van der Waals surface area contributed by atoms with Crippen LogP contribution in [-0.4, -0.2) is 21.8 Å². The highest BCUT2D eigenvalue weighted by molar-refractivity contribution is 7.15. The van der Waals surface area contributed by atoms with E-state index in [0.29, 0.717) is 34.3 Å². The molecule has 1 unspecified atom stereocenters. The second-order valence-electron chi connectivity index (χ2n) is 6.74. The summed E-state index contributed by atoms with van der Waals surface area (Å²) < 4.78 is 9.39. The lowest BCUT2D eigenvalue weighted by Gasteiger charge is -2.13. The molecule has 1 aromatic carbocycles. The first-order valence-corrected chi connectivity index (χ1v) is 10.4. The van der Waals surface area contributed by atoms with Crippen molar-refractivity contribution in [3.05, 3.63) is 56.0 Å². The second kappa shape index (κ2) is 7.56. The van der Waals surface area contributed by atoms with Crippen LogP contribution in [0.3, 0.4) is 0 Å². The lowest BCUT2D eigenvalue weighted by atomic mass is 10.1. The molecule has 4 rings (SSSR count). The van der Waals surface area contributed by atoms with Crippen LogP contribution in [-0.2, 0) is 19.4 Å². The van der Waals surface area contributed by atoms with Crippen molar-refractivity contribution < 1.29 is 14.4 Å². The Balaban J connectivity index is 1.84. The summed E-state index contributed by atoms with van der Waals surface area (Å²) in [4.78, 5) is 18.6. The normalized spacial score (nSPS) is 15.6. The van der Waals surface area contributed by atoms with Crippen molar-refractivity contribution in [2.75, 3.05) is 7.11 Å². The number of fused-ring (bicyclic) bond motifs is 1. The van der Waals surface area contributed by atoms with E-state index in [-0.39, 0.29) is 17.5 Å². The predicted octanol–water partition coefficient (Wildman–Crippen LogP) is 3.38. The number of benzene rings is 1. The average Bonchev–Trinajstić information content (AvgIpc) is 3.29. The molecule has 146 valence electrons. The van der Waals surface area contributed by atoms with E-state index in [1.54, 1.807) is 37.6 Å². The van der Waals surface area contributed by atoms with Gasteiger partial charge in [0.15, 0.2) is 10.0 Å². The van der Waals surface area contributed by atoms with Crippen LogP contribution >= 0.6 is 22.9 Å². The van der Waals surface area contributed by atoms with Gasteiger partial charge in [-0.25, -0.2) is 9.78 Å².